The summed E-state index contributed by atoms with van der Waals surface area (Å²) in [5.41, 5.74) is 1.05. The van der Waals surface area contributed by atoms with Crippen molar-refractivity contribution in [3.8, 4) is 0 Å². The standard InChI is InChI=1S/C16H24BrNO2/c1-2-16(12-19)7-9-18(10-8-16)11-15(20)13-5-3-4-6-14(13)17/h3-6,15,19-20H,2,7-12H2,1H3. The second-order valence-electron chi connectivity index (χ2n) is 5.85. The van der Waals surface area contributed by atoms with Crippen LogP contribution in [0, 0.1) is 5.41 Å². The van der Waals surface area contributed by atoms with Crippen molar-refractivity contribution in [2.45, 2.75) is 32.3 Å². The van der Waals surface area contributed by atoms with Crippen molar-refractivity contribution in [2.24, 2.45) is 5.41 Å². The van der Waals surface area contributed by atoms with Crippen LogP contribution >= 0.6 is 15.9 Å². The first-order valence-corrected chi connectivity index (χ1v) is 8.15. The van der Waals surface area contributed by atoms with Crippen LogP contribution in [0.4, 0.5) is 0 Å². The van der Waals surface area contributed by atoms with Crippen molar-refractivity contribution >= 4 is 15.9 Å². The molecule has 1 heterocycles. The van der Waals surface area contributed by atoms with Gasteiger partial charge in [0.25, 0.3) is 0 Å². The summed E-state index contributed by atoms with van der Waals surface area (Å²) >= 11 is 3.49. The van der Waals surface area contributed by atoms with Crippen LogP contribution in [0.25, 0.3) is 0 Å². The number of rotatable bonds is 5. The monoisotopic (exact) mass is 341 g/mol. The third-order valence-electron chi connectivity index (χ3n) is 4.70. The van der Waals surface area contributed by atoms with E-state index in [0.717, 1.165) is 42.4 Å². The summed E-state index contributed by atoms with van der Waals surface area (Å²) < 4.78 is 0.961. The van der Waals surface area contributed by atoms with E-state index in [2.05, 4.69) is 27.8 Å². The smallest absolute Gasteiger partial charge is 0.0927 e. The molecular weight excluding hydrogens is 318 g/mol. The summed E-state index contributed by atoms with van der Waals surface area (Å²) in [6.45, 7) is 5.01. The number of β-amino-alcohol motifs (C(OH)–C–C–N with tert-alkyl or cyclic N) is 1. The highest BCUT2D eigenvalue weighted by Crippen LogP contribution is 2.35. The van der Waals surface area contributed by atoms with Gasteiger partial charge in [0.05, 0.1) is 6.10 Å². The number of aliphatic hydroxyl groups excluding tert-OH is 2. The molecule has 1 atom stereocenters. The van der Waals surface area contributed by atoms with Crippen LogP contribution in [0.2, 0.25) is 0 Å². The molecular formula is C16H24BrNO2. The van der Waals surface area contributed by atoms with Gasteiger partial charge >= 0.3 is 0 Å². The molecule has 1 aromatic rings. The minimum atomic E-state index is -0.464. The fourth-order valence-electron chi connectivity index (χ4n) is 2.92. The van der Waals surface area contributed by atoms with Gasteiger partial charge in [0.1, 0.15) is 0 Å². The van der Waals surface area contributed by atoms with Crippen molar-refractivity contribution in [3.63, 3.8) is 0 Å². The van der Waals surface area contributed by atoms with Crippen molar-refractivity contribution in [1.82, 2.24) is 4.90 Å². The highest BCUT2D eigenvalue weighted by molar-refractivity contribution is 9.10. The lowest BCUT2D eigenvalue weighted by molar-refractivity contribution is 0.0214. The van der Waals surface area contributed by atoms with Crippen LogP contribution in [0.15, 0.2) is 28.7 Å². The van der Waals surface area contributed by atoms with Gasteiger partial charge in [0, 0.05) is 17.6 Å². The normalized spacial score (nSPS) is 20.8. The van der Waals surface area contributed by atoms with Gasteiger partial charge in [-0.15, -0.1) is 0 Å². The molecule has 2 rings (SSSR count). The molecule has 1 fully saturated rings. The average Bonchev–Trinajstić information content (AvgIpc) is 2.49. The molecule has 0 amide bonds. The maximum Gasteiger partial charge on any atom is 0.0927 e. The summed E-state index contributed by atoms with van der Waals surface area (Å²) in [5, 5.41) is 19.9. The zero-order valence-corrected chi connectivity index (χ0v) is 13.6. The van der Waals surface area contributed by atoms with Crippen molar-refractivity contribution in [1.29, 1.82) is 0 Å². The molecule has 20 heavy (non-hydrogen) atoms. The number of halogens is 1. The summed E-state index contributed by atoms with van der Waals surface area (Å²) in [6.07, 6.45) is 2.60. The molecule has 4 heteroatoms. The third kappa shape index (κ3) is 3.61. The maximum atomic E-state index is 10.4. The minimum absolute atomic E-state index is 0.106. The predicted octanol–water partition coefficient (Wildman–Crippen LogP) is 2.97. The fraction of sp³-hybridized carbons (Fsp3) is 0.625. The number of likely N-dealkylation sites (tertiary alicyclic amines) is 1. The van der Waals surface area contributed by atoms with Crippen LogP contribution in [0.5, 0.6) is 0 Å². The quantitative estimate of drug-likeness (QED) is 0.865. The molecule has 1 aliphatic heterocycles. The molecule has 1 aromatic carbocycles. The largest absolute Gasteiger partial charge is 0.396 e. The minimum Gasteiger partial charge on any atom is -0.396 e. The zero-order chi connectivity index (χ0) is 14.6. The summed E-state index contributed by atoms with van der Waals surface area (Å²) in [4.78, 5) is 2.30. The van der Waals surface area contributed by atoms with E-state index in [1.54, 1.807) is 0 Å². The average molecular weight is 342 g/mol. The Morgan fingerprint density at radius 1 is 1.30 bits per heavy atom. The Bertz CT molecular complexity index is 424. The van der Waals surface area contributed by atoms with Gasteiger partial charge < -0.3 is 15.1 Å². The number of nitrogens with zero attached hydrogens (tertiary/aromatic N) is 1. The van der Waals surface area contributed by atoms with E-state index < -0.39 is 6.10 Å². The number of benzene rings is 1. The second kappa shape index (κ2) is 7.03. The van der Waals surface area contributed by atoms with Crippen molar-refractivity contribution < 1.29 is 10.2 Å². The van der Waals surface area contributed by atoms with E-state index in [0.29, 0.717) is 6.54 Å². The van der Waals surface area contributed by atoms with Gasteiger partial charge in [-0.1, -0.05) is 41.1 Å². The summed E-state index contributed by atoms with van der Waals surface area (Å²) in [5.74, 6) is 0. The van der Waals surface area contributed by atoms with Crippen molar-refractivity contribution in [3.05, 3.63) is 34.3 Å². The highest BCUT2D eigenvalue weighted by atomic mass is 79.9. The zero-order valence-electron chi connectivity index (χ0n) is 12.1. The molecule has 112 valence electrons. The molecule has 1 unspecified atom stereocenters. The molecule has 0 spiro atoms. The Balaban J connectivity index is 1.91. The highest BCUT2D eigenvalue weighted by Gasteiger charge is 2.32. The van der Waals surface area contributed by atoms with Gasteiger partial charge in [0.2, 0.25) is 0 Å². The Labute approximate surface area is 129 Å². The van der Waals surface area contributed by atoms with E-state index in [9.17, 15) is 10.2 Å². The van der Waals surface area contributed by atoms with Crippen LogP contribution in [-0.2, 0) is 0 Å². The summed E-state index contributed by atoms with van der Waals surface area (Å²) in [6, 6.07) is 7.83. The maximum absolute atomic E-state index is 10.4. The first kappa shape index (κ1) is 16.0. The van der Waals surface area contributed by atoms with E-state index in [-0.39, 0.29) is 12.0 Å². The second-order valence-corrected chi connectivity index (χ2v) is 6.70. The fourth-order valence-corrected chi connectivity index (χ4v) is 3.47. The van der Waals surface area contributed by atoms with Crippen LogP contribution in [-0.4, -0.2) is 41.4 Å². The van der Waals surface area contributed by atoms with Gasteiger partial charge in [0.15, 0.2) is 0 Å². The Hall–Kier alpha value is -0.420. The first-order valence-electron chi connectivity index (χ1n) is 7.36. The molecule has 0 saturated carbocycles. The molecule has 0 radical (unpaired) electrons. The van der Waals surface area contributed by atoms with Gasteiger partial charge in [-0.05, 0) is 49.4 Å². The van der Waals surface area contributed by atoms with E-state index in [4.69, 9.17) is 0 Å². The number of hydrogen-bond acceptors (Lipinski definition) is 3. The Morgan fingerprint density at radius 3 is 2.50 bits per heavy atom. The lowest BCUT2D eigenvalue weighted by atomic mass is 9.77. The Morgan fingerprint density at radius 2 is 1.95 bits per heavy atom. The lowest BCUT2D eigenvalue weighted by Gasteiger charge is -2.40. The van der Waals surface area contributed by atoms with Gasteiger partial charge in [-0.3, -0.25) is 0 Å². The topological polar surface area (TPSA) is 43.7 Å². The van der Waals surface area contributed by atoms with Crippen LogP contribution in [0.1, 0.15) is 37.9 Å². The van der Waals surface area contributed by atoms with Crippen molar-refractivity contribution in [2.75, 3.05) is 26.2 Å². The third-order valence-corrected chi connectivity index (χ3v) is 5.42. The molecule has 0 aliphatic carbocycles. The number of aliphatic hydroxyl groups is 2. The van der Waals surface area contributed by atoms with Gasteiger partial charge in [-0.2, -0.15) is 0 Å². The predicted molar refractivity (Wildman–Crippen MR) is 84.6 cm³/mol. The van der Waals surface area contributed by atoms with E-state index >= 15 is 0 Å². The number of piperidine rings is 1. The molecule has 2 N–H and O–H groups in total. The van der Waals surface area contributed by atoms with E-state index in [1.165, 1.54) is 0 Å². The lowest BCUT2D eigenvalue weighted by Crippen LogP contribution is -2.43. The molecule has 1 saturated heterocycles. The van der Waals surface area contributed by atoms with Gasteiger partial charge in [-0.25, -0.2) is 0 Å². The van der Waals surface area contributed by atoms with Crippen LogP contribution < -0.4 is 0 Å². The molecule has 0 bridgehead atoms. The Kier molecular flexibility index (Phi) is 5.61. The first-order chi connectivity index (χ1) is 9.60. The van der Waals surface area contributed by atoms with E-state index in [1.807, 2.05) is 24.3 Å². The SMILES string of the molecule is CCC1(CO)CCN(CC(O)c2ccccc2Br)CC1. The molecule has 0 aromatic heterocycles. The molecule has 3 nitrogen and oxygen atoms in total. The molecule has 1 aliphatic rings. The number of hydrogen-bond donors (Lipinski definition) is 2. The van der Waals surface area contributed by atoms with Crippen LogP contribution in [0.3, 0.4) is 0 Å². The summed E-state index contributed by atoms with van der Waals surface area (Å²) in [7, 11) is 0.